The Morgan fingerprint density at radius 2 is 2.21 bits per heavy atom. The van der Waals surface area contributed by atoms with Gasteiger partial charge in [-0.3, -0.25) is 0 Å². The molecule has 4 nitrogen and oxygen atoms in total. The molecule has 1 saturated carbocycles. The minimum Gasteiger partial charge on any atom is -0.385 e. The van der Waals surface area contributed by atoms with E-state index < -0.39 is 0 Å². The summed E-state index contributed by atoms with van der Waals surface area (Å²) >= 11 is 0. The zero-order valence-corrected chi connectivity index (χ0v) is 12.3. The van der Waals surface area contributed by atoms with Crippen molar-refractivity contribution in [3.63, 3.8) is 0 Å². The molecule has 1 aliphatic carbocycles. The second-order valence-electron chi connectivity index (χ2n) is 5.62. The molecule has 1 unspecified atom stereocenters. The number of imidazole rings is 1. The van der Waals surface area contributed by atoms with E-state index in [1.807, 2.05) is 12.4 Å². The molecule has 1 aliphatic rings. The summed E-state index contributed by atoms with van der Waals surface area (Å²) in [5.41, 5.74) is 0. The largest absolute Gasteiger partial charge is 0.385 e. The highest BCUT2D eigenvalue weighted by atomic mass is 16.5. The molecule has 2 rings (SSSR count). The molecule has 1 atom stereocenters. The molecule has 0 bridgehead atoms. The van der Waals surface area contributed by atoms with Gasteiger partial charge < -0.3 is 14.6 Å². The Labute approximate surface area is 116 Å². The van der Waals surface area contributed by atoms with Crippen LogP contribution in [0.15, 0.2) is 12.4 Å². The normalized spacial score (nSPS) is 18.4. The minimum atomic E-state index is 0.517. The van der Waals surface area contributed by atoms with Crippen LogP contribution in [0, 0.1) is 5.92 Å². The van der Waals surface area contributed by atoms with Gasteiger partial charge in [0.25, 0.3) is 0 Å². The molecular formula is C15H27N3O. The second-order valence-corrected chi connectivity index (χ2v) is 5.62. The van der Waals surface area contributed by atoms with E-state index in [0.29, 0.717) is 6.04 Å². The summed E-state index contributed by atoms with van der Waals surface area (Å²) in [5.74, 6) is 1.81. The molecule has 0 radical (unpaired) electrons. The van der Waals surface area contributed by atoms with Crippen molar-refractivity contribution in [3.05, 3.63) is 12.4 Å². The quantitative estimate of drug-likeness (QED) is 0.769. The number of anilines is 1. The fraction of sp³-hybridized carbons (Fsp3) is 0.800. The fourth-order valence-corrected chi connectivity index (χ4v) is 2.96. The van der Waals surface area contributed by atoms with Crippen LogP contribution in [0.5, 0.6) is 0 Å². The Balaban J connectivity index is 1.85. The molecule has 1 heterocycles. The lowest BCUT2D eigenvalue weighted by atomic mass is 9.85. The Hall–Kier alpha value is -1.03. The average molecular weight is 265 g/mol. The van der Waals surface area contributed by atoms with Gasteiger partial charge >= 0.3 is 0 Å². The van der Waals surface area contributed by atoms with Gasteiger partial charge in [-0.2, -0.15) is 0 Å². The third-order valence-electron chi connectivity index (χ3n) is 4.18. The Morgan fingerprint density at radius 3 is 2.95 bits per heavy atom. The summed E-state index contributed by atoms with van der Waals surface area (Å²) in [7, 11) is 1.75. The van der Waals surface area contributed by atoms with Gasteiger partial charge in [0.2, 0.25) is 5.95 Å². The van der Waals surface area contributed by atoms with Crippen molar-refractivity contribution >= 4 is 5.95 Å². The molecule has 108 valence electrons. The monoisotopic (exact) mass is 265 g/mol. The summed E-state index contributed by atoms with van der Waals surface area (Å²) in [6.45, 7) is 4.06. The Bertz CT molecular complexity index is 358. The van der Waals surface area contributed by atoms with E-state index in [-0.39, 0.29) is 0 Å². The predicted molar refractivity (Wildman–Crippen MR) is 78.4 cm³/mol. The first-order valence-electron chi connectivity index (χ1n) is 7.58. The fourth-order valence-electron chi connectivity index (χ4n) is 2.96. The summed E-state index contributed by atoms with van der Waals surface area (Å²) in [6.07, 6.45) is 11.9. The van der Waals surface area contributed by atoms with Crippen LogP contribution in [-0.4, -0.2) is 29.3 Å². The van der Waals surface area contributed by atoms with Crippen LogP contribution in [0.4, 0.5) is 5.95 Å². The Morgan fingerprint density at radius 1 is 1.42 bits per heavy atom. The smallest absolute Gasteiger partial charge is 0.202 e. The molecule has 0 aliphatic heterocycles. The molecule has 0 amide bonds. The number of hydrogen-bond donors (Lipinski definition) is 1. The first-order valence-corrected chi connectivity index (χ1v) is 7.58. The number of aromatic nitrogens is 2. The molecule has 1 aromatic rings. The number of ether oxygens (including phenoxy) is 1. The third kappa shape index (κ3) is 4.23. The van der Waals surface area contributed by atoms with Gasteiger partial charge in [0.1, 0.15) is 0 Å². The maximum absolute atomic E-state index is 5.10. The zero-order valence-electron chi connectivity index (χ0n) is 12.3. The predicted octanol–water partition coefficient (Wildman–Crippen LogP) is 3.30. The zero-order chi connectivity index (χ0) is 13.5. The number of methoxy groups -OCH3 is 1. The molecular weight excluding hydrogens is 238 g/mol. The number of hydrogen-bond acceptors (Lipinski definition) is 3. The molecule has 0 saturated heterocycles. The van der Waals surface area contributed by atoms with Crippen LogP contribution in [0.2, 0.25) is 0 Å². The highest BCUT2D eigenvalue weighted by molar-refractivity contribution is 5.27. The summed E-state index contributed by atoms with van der Waals surface area (Å²) in [5, 5.41) is 3.60. The number of nitrogens with zero attached hydrogens (tertiary/aromatic N) is 2. The second kappa shape index (κ2) is 7.53. The van der Waals surface area contributed by atoms with Gasteiger partial charge in [0.05, 0.1) is 0 Å². The summed E-state index contributed by atoms with van der Waals surface area (Å²) < 4.78 is 7.29. The Kier molecular flexibility index (Phi) is 5.70. The standard InChI is InChI=1S/C15H27N3O/c1-13(14-7-4-3-5-8-14)17-15-16-9-11-18(15)10-6-12-19-2/h9,11,13-14H,3-8,10,12H2,1-2H3,(H,16,17). The lowest BCUT2D eigenvalue weighted by Crippen LogP contribution is -2.29. The SMILES string of the molecule is COCCCn1ccnc1NC(C)C1CCCCC1. The molecule has 1 fully saturated rings. The average Bonchev–Trinajstić information content (AvgIpc) is 2.87. The van der Waals surface area contributed by atoms with E-state index in [4.69, 9.17) is 4.74 Å². The first kappa shape index (κ1) is 14.4. The van der Waals surface area contributed by atoms with E-state index in [1.54, 1.807) is 7.11 Å². The third-order valence-corrected chi connectivity index (χ3v) is 4.18. The van der Waals surface area contributed by atoms with E-state index >= 15 is 0 Å². The van der Waals surface area contributed by atoms with Crippen molar-refractivity contribution in [1.82, 2.24) is 9.55 Å². The maximum Gasteiger partial charge on any atom is 0.202 e. The van der Waals surface area contributed by atoms with E-state index in [9.17, 15) is 0 Å². The molecule has 4 heteroatoms. The topological polar surface area (TPSA) is 39.1 Å². The summed E-state index contributed by atoms with van der Waals surface area (Å²) in [4.78, 5) is 4.44. The molecule has 19 heavy (non-hydrogen) atoms. The van der Waals surface area contributed by atoms with Crippen molar-refractivity contribution in [2.45, 2.75) is 58.0 Å². The van der Waals surface area contributed by atoms with Gasteiger partial charge in [-0.05, 0) is 32.1 Å². The summed E-state index contributed by atoms with van der Waals surface area (Å²) in [6, 6.07) is 0.517. The van der Waals surface area contributed by atoms with Gasteiger partial charge in [-0.15, -0.1) is 0 Å². The van der Waals surface area contributed by atoms with Gasteiger partial charge in [-0.25, -0.2) is 4.98 Å². The van der Waals surface area contributed by atoms with Crippen LogP contribution >= 0.6 is 0 Å². The van der Waals surface area contributed by atoms with Gasteiger partial charge in [0.15, 0.2) is 0 Å². The first-order chi connectivity index (χ1) is 9.31. The number of rotatable bonds is 7. The number of nitrogens with one attached hydrogen (secondary N) is 1. The van der Waals surface area contributed by atoms with Crippen molar-refractivity contribution in [2.24, 2.45) is 5.92 Å². The van der Waals surface area contributed by atoms with Crippen LogP contribution < -0.4 is 5.32 Å². The van der Waals surface area contributed by atoms with Crippen molar-refractivity contribution in [1.29, 1.82) is 0 Å². The molecule has 1 N–H and O–H groups in total. The molecule has 1 aromatic heterocycles. The molecule has 0 aromatic carbocycles. The van der Waals surface area contributed by atoms with Crippen LogP contribution in [-0.2, 0) is 11.3 Å². The minimum absolute atomic E-state index is 0.517. The van der Waals surface area contributed by atoms with Crippen LogP contribution in [0.25, 0.3) is 0 Å². The van der Waals surface area contributed by atoms with Crippen molar-refractivity contribution in [3.8, 4) is 0 Å². The van der Waals surface area contributed by atoms with Gasteiger partial charge in [0, 0.05) is 38.7 Å². The van der Waals surface area contributed by atoms with E-state index in [1.165, 1.54) is 32.1 Å². The highest BCUT2D eigenvalue weighted by Gasteiger charge is 2.20. The van der Waals surface area contributed by atoms with E-state index in [0.717, 1.165) is 31.4 Å². The van der Waals surface area contributed by atoms with Crippen molar-refractivity contribution < 1.29 is 4.74 Å². The van der Waals surface area contributed by atoms with Gasteiger partial charge in [-0.1, -0.05) is 19.3 Å². The highest BCUT2D eigenvalue weighted by Crippen LogP contribution is 2.27. The van der Waals surface area contributed by atoms with Crippen LogP contribution in [0.3, 0.4) is 0 Å². The lowest BCUT2D eigenvalue weighted by molar-refractivity contribution is 0.190. The van der Waals surface area contributed by atoms with Crippen LogP contribution in [0.1, 0.15) is 45.4 Å². The van der Waals surface area contributed by atoms with Crippen molar-refractivity contribution in [2.75, 3.05) is 19.0 Å². The number of aryl methyl sites for hydroxylation is 1. The lowest BCUT2D eigenvalue weighted by Gasteiger charge is -2.28. The maximum atomic E-state index is 5.10. The molecule has 0 spiro atoms. The van der Waals surface area contributed by atoms with E-state index in [2.05, 4.69) is 21.8 Å².